The molecule has 0 aliphatic heterocycles. The zero-order valence-corrected chi connectivity index (χ0v) is 11.0. The monoisotopic (exact) mass is 294 g/mol. The van der Waals surface area contributed by atoms with Crippen LogP contribution in [-0.2, 0) is 17.9 Å². The maximum atomic E-state index is 11.6. The van der Waals surface area contributed by atoms with Crippen molar-refractivity contribution in [3.63, 3.8) is 0 Å². The molecule has 0 saturated carbocycles. The predicted octanol–water partition coefficient (Wildman–Crippen LogP) is 0.927. The third-order valence-corrected chi connectivity index (χ3v) is 2.72. The van der Waals surface area contributed by atoms with Gasteiger partial charge in [0.2, 0.25) is 0 Å². The van der Waals surface area contributed by atoms with E-state index in [1.54, 1.807) is 12.1 Å². The molecular weight excluding hydrogens is 280 g/mol. The fraction of sp³-hybridized carbons (Fsp3) is 0.308. The van der Waals surface area contributed by atoms with Gasteiger partial charge < -0.3 is 18.8 Å². The summed E-state index contributed by atoms with van der Waals surface area (Å²) in [6.45, 7) is 0.0996. The summed E-state index contributed by atoms with van der Waals surface area (Å²) >= 11 is 0. The second-order valence-electron chi connectivity index (χ2n) is 4.38. The highest BCUT2D eigenvalue weighted by atomic mass is 16.6. The summed E-state index contributed by atoms with van der Waals surface area (Å²) in [5.41, 5.74) is -0.635. The molecule has 8 heteroatoms. The van der Waals surface area contributed by atoms with Gasteiger partial charge in [0.05, 0.1) is 36.6 Å². The number of hydrogen-bond donors (Lipinski definition) is 1. The molecule has 0 saturated heterocycles. The smallest absolute Gasteiger partial charge is 0.285 e. The van der Waals surface area contributed by atoms with Gasteiger partial charge in [-0.05, 0) is 12.1 Å². The molecule has 112 valence electrons. The first-order valence-corrected chi connectivity index (χ1v) is 6.19. The third kappa shape index (κ3) is 4.26. The highest BCUT2D eigenvalue weighted by molar-refractivity contribution is 5.24. The summed E-state index contributed by atoms with van der Waals surface area (Å²) in [6, 6.07) is 5.67. The van der Waals surface area contributed by atoms with E-state index >= 15 is 0 Å². The molecule has 1 N–H and O–H groups in total. The Bertz CT molecular complexity index is 649. The van der Waals surface area contributed by atoms with Crippen LogP contribution in [0.1, 0.15) is 5.76 Å². The molecule has 0 aliphatic carbocycles. The van der Waals surface area contributed by atoms with Gasteiger partial charge in [-0.15, -0.1) is 0 Å². The molecular formula is C13H14N2O6. The average molecular weight is 294 g/mol. The SMILES string of the molecule is O=c1ccc([N+](=O)[O-])cn1C[C@@H](O)COCc1ccco1. The van der Waals surface area contributed by atoms with Crippen LogP contribution in [0.3, 0.4) is 0 Å². The van der Waals surface area contributed by atoms with Gasteiger partial charge in [0, 0.05) is 12.1 Å². The van der Waals surface area contributed by atoms with E-state index in [1.807, 2.05) is 0 Å². The quantitative estimate of drug-likeness (QED) is 0.601. The van der Waals surface area contributed by atoms with Crippen LogP contribution in [0.25, 0.3) is 0 Å². The molecule has 2 heterocycles. The molecule has 0 radical (unpaired) electrons. The molecule has 0 fully saturated rings. The van der Waals surface area contributed by atoms with Crippen molar-refractivity contribution in [3.05, 3.63) is 63.0 Å². The van der Waals surface area contributed by atoms with Gasteiger partial charge in [-0.25, -0.2) is 0 Å². The standard InChI is InChI=1S/C13H14N2O6/c16-11(8-20-9-12-2-1-5-21-12)7-14-6-10(15(18)19)3-4-13(14)17/h1-6,11,16H,7-9H2/t11-/m1/s1. The third-order valence-electron chi connectivity index (χ3n) is 2.72. The van der Waals surface area contributed by atoms with Gasteiger partial charge >= 0.3 is 0 Å². The average Bonchev–Trinajstić information content (AvgIpc) is 2.94. The lowest BCUT2D eigenvalue weighted by atomic mass is 10.3. The summed E-state index contributed by atoms with van der Waals surface area (Å²) in [5.74, 6) is 0.620. The molecule has 2 aromatic heterocycles. The molecule has 8 nitrogen and oxygen atoms in total. The molecule has 2 aromatic rings. The zero-order valence-electron chi connectivity index (χ0n) is 11.0. The van der Waals surface area contributed by atoms with E-state index < -0.39 is 16.6 Å². The number of ether oxygens (including phenoxy) is 1. The van der Waals surface area contributed by atoms with Gasteiger partial charge in [0.15, 0.2) is 0 Å². The zero-order chi connectivity index (χ0) is 15.2. The summed E-state index contributed by atoms with van der Waals surface area (Å²) in [5, 5.41) is 20.4. The first-order valence-electron chi connectivity index (χ1n) is 6.19. The summed E-state index contributed by atoms with van der Waals surface area (Å²) in [6.07, 6.45) is 1.65. The molecule has 21 heavy (non-hydrogen) atoms. The van der Waals surface area contributed by atoms with Crippen LogP contribution in [0.2, 0.25) is 0 Å². The first kappa shape index (κ1) is 14.9. The van der Waals surface area contributed by atoms with Gasteiger partial charge in [-0.3, -0.25) is 14.9 Å². The number of nitrogens with zero attached hydrogens (tertiary/aromatic N) is 2. The van der Waals surface area contributed by atoms with Crippen molar-refractivity contribution in [1.29, 1.82) is 0 Å². The van der Waals surface area contributed by atoms with Crippen LogP contribution in [-0.4, -0.2) is 27.3 Å². The first-order chi connectivity index (χ1) is 10.1. The minimum absolute atomic E-state index is 0.0180. The Morgan fingerprint density at radius 2 is 2.24 bits per heavy atom. The maximum absolute atomic E-state index is 11.6. The molecule has 0 amide bonds. The molecule has 0 unspecified atom stereocenters. The highest BCUT2D eigenvalue weighted by Gasteiger charge is 2.11. The normalized spacial score (nSPS) is 12.2. The van der Waals surface area contributed by atoms with Crippen LogP contribution in [0.5, 0.6) is 0 Å². The Hall–Kier alpha value is -2.45. The van der Waals surface area contributed by atoms with Crippen LogP contribution in [0.15, 0.2) is 45.9 Å². The Balaban J connectivity index is 1.89. The minimum Gasteiger partial charge on any atom is -0.467 e. The summed E-state index contributed by atoms with van der Waals surface area (Å²) in [4.78, 5) is 21.6. The largest absolute Gasteiger partial charge is 0.467 e. The molecule has 0 aliphatic rings. The second kappa shape index (κ2) is 6.82. The summed E-state index contributed by atoms with van der Waals surface area (Å²) in [7, 11) is 0. The van der Waals surface area contributed by atoms with Gasteiger partial charge in [0.1, 0.15) is 12.4 Å². The Kier molecular flexibility index (Phi) is 4.85. The van der Waals surface area contributed by atoms with E-state index in [1.165, 1.54) is 6.26 Å². The van der Waals surface area contributed by atoms with E-state index in [9.17, 15) is 20.0 Å². The fourth-order valence-electron chi connectivity index (χ4n) is 1.74. The molecule has 0 aromatic carbocycles. The van der Waals surface area contributed by atoms with Crippen molar-refractivity contribution in [2.24, 2.45) is 0 Å². The fourth-order valence-corrected chi connectivity index (χ4v) is 1.74. The number of nitro groups is 1. The number of pyridine rings is 1. The number of aliphatic hydroxyl groups excluding tert-OH is 1. The molecule has 1 atom stereocenters. The Morgan fingerprint density at radius 3 is 2.90 bits per heavy atom. The van der Waals surface area contributed by atoms with Crippen molar-refractivity contribution in [1.82, 2.24) is 4.57 Å². The van der Waals surface area contributed by atoms with E-state index in [-0.39, 0.29) is 25.4 Å². The topological polar surface area (TPSA) is 108 Å². The van der Waals surface area contributed by atoms with Crippen LogP contribution >= 0.6 is 0 Å². The number of aliphatic hydroxyl groups is 1. The maximum Gasteiger partial charge on any atom is 0.285 e. The Labute approximate surface area is 119 Å². The molecule has 0 spiro atoms. The van der Waals surface area contributed by atoms with Gasteiger partial charge in [-0.1, -0.05) is 0 Å². The molecule has 2 rings (SSSR count). The lowest BCUT2D eigenvalue weighted by molar-refractivity contribution is -0.385. The molecule has 0 bridgehead atoms. The van der Waals surface area contributed by atoms with Gasteiger partial charge in [-0.2, -0.15) is 0 Å². The van der Waals surface area contributed by atoms with Crippen molar-refractivity contribution in [3.8, 4) is 0 Å². The van der Waals surface area contributed by atoms with E-state index in [0.29, 0.717) is 5.76 Å². The number of rotatable bonds is 7. The highest BCUT2D eigenvalue weighted by Crippen LogP contribution is 2.07. The van der Waals surface area contributed by atoms with Crippen molar-refractivity contribution in [2.75, 3.05) is 6.61 Å². The van der Waals surface area contributed by atoms with Crippen LogP contribution < -0.4 is 5.56 Å². The van der Waals surface area contributed by atoms with Crippen LogP contribution in [0.4, 0.5) is 5.69 Å². The van der Waals surface area contributed by atoms with Crippen molar-refractivity contribution >= 4 is 5.69 Å². The predicted molar refractivity (Wildman–Crippen MR) is 71.7 cm³/mol. The van der Waals surface area contributed by atoms with Gasteiger partial charge in [0.25, 0.3) is 11.2 Å². The number of furan rings is 1. The lowest BCUT2D eigenvalue weighted by Gasteiger charge is -2.12. The lowest BCUT2D eigenvalue weighted by Crippen LogP contribution is -2.28. The second-order valence-corrected chi connectivity index (χ2v) is 4.38. The van der Waals surface area contributed by atoms with E-state index in [2.05, 4.69) is 0 Å². The number of aromatic nitrogens is 1. The minimum atomic E-state index is -0.959. The van der Waals surface area contributed by atoms with Crippen molar-refractivity contribution in [2.45, 2.75) is 19.3 Å². The van der Waals surface area contributed by atoms with Crippen molar-refractivity contribution < 1.29 is 19.2 Å². The van der Waals surface area contributed by atoms with E-state index in [0.717, 1.165) is 22.9 Å². The summed E-state index contributed by atoms with van der Waals surface area (Å²) < 4.78 is 11.4. The number of hydrogen-bond acceptors (Lipinski definition) is 6. The van der Waals surface area contributed by atoms with Crippen LogP contribution in [0, 0.1) is 10.1 Å². The van der Waals surface area contributed by atoms with E-state index in [4.69, 9.17) is 9.15 Å². The Morgan fingerprint density at radius 1 is 1.43 bits per heavy atom.